The van der Waals surface area contributed by atoms with Gasteiger partial charge in [-0.05, 0) is 28.2 Å². The summed E-state index contributed by atoms with van der Waals surface area (Å²) in [5, 5.41) is 5.38. The third-order valence-electron chi connectivity index (χ3n) is 2.08. The lowest BCUT2D eigenvalue weighted by Gasteiger charge is -2.11. The van der Waals surface area contributed by atoms with Crippen molar-refractivity contribution in [3.05, 3.63) is 0 Å². The number of amides is 2. The lowest BCUT2D eigenvalue weighted by atomic mass is 10.3. The number of rotatable bonds is 8. The molecule has 6 heteroatoms. The van der Waals surface area contributed by atoms with Crippen LogP contribution in [0.25, 0.3) is 0 Å². The van der Waals surface area contributed by atoms with Gasteiger partial charge in [0.25, 0.3) is 0 Å². The number of hydrogen-bond acceptors (Lipinski definition) is 4. The molecule has 2 N–H and O–H groups in total. The minimum atomic E-state index is -0.228. The maximum atomic E-state index is 11.3. The predicted octanol–water partition coefficient (Wildman–Crippen LogP) is -1.27. The van der Waals surface area contributed by atoms with Crippen LogP contribution in [0, 0.1) is 0 Å². The van der Waals surface area contributed by atoms with E-state index in [1.54, 1.807) is 0 Å². The summed E-state index contributed by atoms with van der Waals surface area (Å²) in [5.74, 6) is -0.455. The zero-order chi connectivity index (χ0) is 13.3. The molecule has 0 aromatic carbocycles. The van der Waals surface area contributed by atoms with Crippen LogP contribution in [0.4, 0.5) is 0 Å². The molecule has 0 atom stereocenters. The maximum Gasteiger partial charge on any atom is 0.229 e. The van der Waals surface area contributed by atoms with E-state index in [1.807, 2.05) is 38.0 Å². The van der Waals surface area contributed by atoms with Crippen LogP contribution in [0.2, 0.25) is 0 Å². The highest BCUT2D eigenvalue weighted by Gasteiger charge is 2.08. The summed E-state index contributed by atoms with van der Waals surface area (Å²) in [6, 6.07) is 0. The Morgan fingerprint density at radius 3 is 1.47 bits per heavy atom. The Labute approximate surface area is 103 Å². The van der Waals surface area contributed by atoms with E-state index in [0.717, 1.165) is 13.1 Å². The van der Waals surface area contributed by atoms with Crippen LogP contribution in [0.3, 0.4) is 0 Å². The molecule has 0 saturated heterocycles. The summed E-state index contributed by atoms with van der Waals surface area (Å²) >= 11 is 0. The Kier molecular flexibility index (Phi) is 8.35. The van der Waals surface area contributed by atoms with Crippen molar-refractivity contribution in [3.63, 3.8) is 0 Å². The average Bonchev–Trinajstić information content (AvgIpc) is 2.15. The van der Waals surface area contributed by atoms with Gasteiger partial charge in [0.05, 0.1) is 0 Å². The van der Waals surface area contributed by atoms with Crippen LogP contribution in [0.15, 0.2) is 0 Å². The quantitative estimate of drug-likeness (QED) is 0.523. The molecule has 0 rings (SSSR count). The van der Waals surface area contributed by atoms with E-state index in [-0.39, 0.29) is 18.2 Å². The molecule has 100 valence electrons. The second-order valence-electron chi connectivity index (χ2n) is 4.48. The molecule has 0 aromatic rings. The summed E-state index contributed by atoms with van der Waals surface area (Å²) in [7, 11) is 7.72. The van der Waals surface area contributed by atoms with Crippen LogP contribution in [0.5, 0.6) is 0 Å². The van der Waals surface area contributed by atoms with Gasteiger partial charge in [0.1, 0.15) is 6.42 Å². The van der Waals surface area contributed by atoms with E-state index in [4.69, 9.17) is 0 Å². The van der Waals surface area contributed by atoms with Gasteiger partial charge in [-0.1, -0.05) is 0 Å². The van der Waals surface area contributed by atoms with Gasteiger partial charge in [-0.15, -0.1) is 0 Å². The first-order valence-corrected chi connectivity index (χ1v) is 5.74. The second kappa shape index (κ2) is 8.95. The highest BCUT2D eigenvalue weighted by Crippen LogP contribution is 1.81. The van der Waals surface area contributed by atoms with E-state index < -0.39 is 0 Å². The number of hydrogen-bond donors (Lipinski definition) is 2. The minimum absolute atomic E-state index is 0.0964. The van der Waals surface area contributed by atoms with Crippen molar-refractivity contribution in [2.45, 2.75) is 6.42 Å². The number of carbonyl (C=O) groups is 2. The molecule has 0 saturated carbocycles. The Balaban J connectivity index is 3.56. The first-order valence-electron chi connectivity index (χ1n) is 5.74. The van der Waals surface area contributed by atoms with Gasteiger partial charge in [-0.3, -0.25) is 9.59 Å². The van der Waals surface area contributed by atoms with Gasteiger partial charge in [0.2, 0.25) is 11.8 Å². The van der Waals surface area contributed by atoms with E-state index in [9.17, 15) is 9.59 Å². The van der Waals surface area contributed by atoms with E-state index in [1.165, 1.54) is 0 Å². The van der Waals surface area contributed by atoms with Crippen LogP contribution < -0.4 is 10.6 Å². The van der Waals surface area contributed by atoms with Gasteiger partial charge in [0, 0.05) is 26.2 Å². The molecular weight excluding hydrogens is 220 g/mol. The van der Waals surface area contributed by atoms with Crippen molar-refractivity contribution in [3.8, 4) is 0 Å². The third kappa shape index (κ3) is 11.1. The molecule has 0 aliphatic carbocycles. The Morgan fingerprint density at radius 2 is 1.18 bits per heavy atom. The summed E-state index contributed by atoms with van der Waals surface area (Å²) in [5.41, 5.74) is 0. The van der Waals surface area contributed by atoms with Crippen molar-refractivity contribution in [1.82, 2.24) is 20.4 Å². The number of nitrogens with zero attached hydrogens (tertiary/aromatic N) is 2. The molecule has 0 radical (unpaired) electrons. The van der Waals surface area contributed by atoms with Crippen molar-refractivity contribution >= 4 is 11.8 Å². The highest BCUT2D eigenvalue weighted by molar-refractivity contribution is 5.96. The Morgan fingerprint density at radius 1 is 0.824 bits per heavy atom. The van der Waals surface area contributed by atoms with Gasteiger partial charge >= 0.3 is 0 Å². The molecule has 0 aliphatic rings. The fraction of sp³-hybridized carbons (Fsp3) is 0.818. The second-order valence-corrected chi connectivity index (χ2v) is 4.48. The molecule has 0 spiro atoms. The summed E-state index contributed by atoms with van der Waals surface area (Å²) in [6.07, 6.45) is -0.0964. The lowest BCUT2D eigenvalue weighted by molar-refractivity contribution is -0.129. The largest absolute Gasteiger partial charge is 0.354 e. The van der Waals surface area contributed by atoms with Gasteiger partial charge in [0.15, 0.2) is 0 Å². The summed E-state index contributed by atoms with van der Waals surface area (Å²) in [4.78, 5) is 26.6. The molecule has 2 amide bonds. The lowest BCUT2D eigenvalue weighted by Crippen LogP contribution is -2.37. The SMILES string of the molecule is CN(C)CCNC(=O)CC(=O)NCCN(C)C. The first-order chi connectivity index (χ1) is 7.91. The standard InChI is InChI=1S/C11H24N4O2/c1-14(2)7-5-12-10(16)9-11(17)13-6-8-15(3)4/h5-9H2,1-4H3,(H,12,16)(H,13,17). The zero-order valence-corrected chi connectivity index (χ0v) is 11.2. The smallest absolute Gasteiger partial charge is 0.229 e. The van der Waals surface area contributed by atoms with E-state index in [0.29, 0.717) is 13.1 Å². The maximum absolute atomic E-state index is 11.3. The van der Waals surface area contributed by atoms with Gasteiger partial charge in [-0.2, -0.15) is 0 Å². The normalized spacial score (nSPS) is 10.7. The third-order valence-corrected chi connectivity index (χ3v) is 2.08. The molecule has 6 nitrogen and oxygen atoms in total. The molecular formula is C11H24N4O2. The summed E-state index contributed by atoms with van der Waals surface area (Å²) in [6.45, 7) is 2.68. The fourth-order valence-electron chi connectivity index (χ4n) is 1.11. The molecule has 0 fully saturated rings. The van der Waals surface area contributed by atoms with Crippen molar-refractivity contribution in [2.75, 3.05) is 54.4 Å². The van der Waals surface area contributed by atoms with E-state index >= 15 is 0 Å². The predicted molar refractivity (Wildman–Crippen MR) is 67.7 cm³/mol. The number of nitrogens with one attached hydrogen (secondary N) is 2. The number of carbonyl (C=O) groups excluding carboxylic acids is 2. The van der Waals surface area contributed by atoms with E-state index in [2.05, 4.69) is 10.6 Å². The van der Waals surface area contributed by atoms with Crippen molar-refractivity contribution < 1.29 is 9.59 Å². The molecule has 0 bridgehead atoms. The molecule has 0 aromatic heterocycles. The topological polar surface area (TPSA) is 64.7 Å². The van der Waals surface area contributed by atoms with Gasteiger partial charge < -0.3 is 20.4 Å². The van der Waals surface area contributed by atoms with Crippen LogP contribution in [0.1, 0.15) is 6.42 Å². The monoisotopic (exact) mass is 244 g/mol. The van der Waals surface area contributed by atoms with Crippen molar-refractivity contribution in [2.24, 2.45) is 0 Å². The summed E-state index contributed by atoms with van der Waals surface area (Å²) < 4.78 is 0. The fourth-order valence-corrected chi connectivity index (χ4v) is 1.11. The molecule has 0 aliphatic heterocycles. The first kappa shape index (κ1) is 15.9. The average molecular weight is 244 g/mol. The number of likely N-dealkylation sites (N-methyl/N-ethyl adjacent to an activating group) is 2. The van der Waals surface area contributed by atoms with Gasteiger partial charge in [-0.25, -0.2) is 0 Å². The van der Waals surface area contributed by atoms with Crippen LogP contribution in [-0.4, -0.2) is 76.0 Å². The van der Waals surface area contributed by atoms with Crippen LogP contribution in [-0.2, 0) is 9.59 Å². The Hall–Kier alpha value is -1.14. The van der Waals surface area contributed by atoms with Crippen LogP contribution >= 0.6 is 0 Å². The Bertz CT molecular complexity index is 218. The molecule has 17 heavy (non-hydrogen) atoms. The highest BCUT2D eigenvalue weighted by atomic mass is 16.2. The molecule has 0 heterocycles. The molecule has 0 unspecified atom stereocenters. The minimum Gasteiger partial charge on any atom is -0.354 e. The zero-order valence-electron chi connectivity index (χ0n) is 11.2. The van der Waals surface area contributed by atoms with Crippen molar-refractivity contribution in [1.29, 1.82) is 0 Å².